The fourth-order valence-electron chi connectivity index (χ4n) is 1.89. The van der Waals surface area contributed by atoms with Gasteiger partial charge in [-0.25, -0.2) is 4.98 Å². The van der Waals surface area contributed by atoms with Crippen molar-refractivity contribution in [3.8, 4) is 0 Å². The van der Waals surface area contributed by atoms with E-state index in [0.717, 1.165) is 26.6 Å². The van der Waals surface area contributed by atoms with Gasteiger partial charge in [-0.05, 0) is 18.2 Å². The van der Waals surface area contributed by atoms with Crippen molar-refractivity contribution in [2.24, 2.45) is 0 Å². The average molecular weight is 303 g/mol. The van der Waals surface area contributed by atoms with Crippen LogP contribution in [0.4, 0.5) is 5.82 Å². The van der Waals surface area contributed by atoms with Gasteiger partial charge in [0.25, 0.3) is 0 Å². The molecule has 2 aromatic heterocycles. The second kappa shape index (κ2) is 4.82. The summed E-state index contributed by atoms with van der Waals surface area (Å²) >= 11 is 3.55. The highest BCUT2D eigenvalue weighted by atomic mass is 79.9. The number of fused-ring (bicyclic) bond motifs is 1. The summed E-state index contributed by atoms with van der Waals surface area (Å²) in [5.41, 5.74) is 1.10. The molecule has 2 heterocycles. The molecule has 90 valence electrons. The minimum absolute atomic E-state index is 0.703. The zero-order valence-corrected chi connectivity index (χ0v) is 11.1. The highest BCUT2D eigenvalue weighted by Crippen LogP contribution is 2.27. The lowest BCUT2D eigenvalue weighted by molar-refractivity contribution is 0.564. The molecule has 1 aromatic carbocycles. The lowest BCUT2D eigenvalue weighted by Crippen LogP contribution is -2.00. The van der Waals surface area contributed by atoms with E-state index >= 15 is 0 Å². The summed E-state index contributed by atoms with van der Waals surface area (Å²) in [7, 11) is 0. The van der Waals surface area contributed by atoms with Crippen LogP contribution in [0, 0.1) is 0 Å². The Bertz CT molecular complexity index is 665. The molecule has 0 fully saturated rings. The highest BCUT2D eigenvalue weighted by Gasteiger charge is 2.04. The molecule has 0 unspecified atom stereocenters. The van der Waals surface area contributed by atoms with E-state index in [0.29, 0.717) is 6.54 Å². The van der Waals surface area contributed by atoms with Crippen molar-refractivity contribution in [3.63, 3.8) is 0 Å². The molecule has 18 heavy (non-hydrogen) atoms. The molecule has 0 aliphatic carbocycles. The van der Waals surface area contributed by atoms with Gasteiger partial charge in [0.05, 0.1) is 12.5 Å². The Hall–Kier alpha value is -1.81. The van der Waals surface area contributed by atoms with E-state index in [1.807, 2.05) is 30.5 Å². The molecule has 0 radical (unpaired) electrons. The number of benzene rings is 1. The SMILES string of the molecule is Brc1cccc2c(NCc3ccoc3)nccc12. The topological polar surface area (TPSA) is 38.1 Å². The van der Waals surface area contributed by atoms with Crippen LogP contribution in [0.5, 0.6) is 0 Å². The number of halogens is 1. The van der Waals surface area contributed by atoms with Crippen LogP contribution in [-0.4, -0.2) is 4.98 Å². The average Bonchev–Trinajstić information content (AvgIpc) is 2.90. The molecule has 0 saturated carbocycles. The van der Waals surface area contributed by atoms with E-state index in [2.05, 4.69) is 32.3 Å². The van der Waals surface area contributed by atoms with Gasteiger partial charge in [-0.3, -0.25) is 0 Å². The van der Waals surface area contributed by atoms with Crippen LogP contribution in [0.25, 0.3) is 10.8 Å². The number of hydrogen-bond acceptors (Lipinski definition) is 3. The number of rotatable bonds is 3. The molecule has 0 spiro atoms. The normalized spacial score (nSPS) is 10.7. The van der Waals surface area contributed by atoms with E-state index in [-0.39, 0.29) is 0 Å². The summed E-state index contributed by atoms with van der Waals surface area (Å²) in [6.07, 6.45) is 5.21. The van der Waals surface area contributed by atoms with Crippen molar-refractivity contribution in [3.05, 3.63) is 59.1 Å². The first-order valence-electron chi connectivity index (χ1n) is 5.63. The van der Waals surface area contributed by atoms with Crippen LogP contribution in [0.1, 0.15) is 5.56 Å². The van der Waals surface area contributed by atoms with Crippen molar-refractivity contribution in [2.45, 2.75) is 6.54 Å². The Morgan fingerprint density at radius 1 is 1.17 bits per heavy atom. The maximum atomic E-state index is 5.04. The van der Waals surface area contributed by atoms with Crippen LogP contribution in [0.15, 0.2) is 57.9 Å². The first-order valence-corrected chi connectivity index (χ1v) is 6.42. The van der Waals surface area contributed by atoms with Gasteiger partial charge < -0.3 is 9.73 Å². The number of hydrogen-bond donors (Lipinski definition) is 1. The lowest BCUT2D eigenvalue weighted by Gasteiger charge is -2.08. The molecule has 0 atom stereocenters. The second-order valence-corrected chi connectivity index (χ2v) is 4.83. The van der Waals surface area contributed by atoms with Crippen LogP contribution in [0.3, 0.4) is 0 Å². The number of furan rings is 1. The number of pyridine rings is 1. The number of aromatic nitrogens is 1. The molecule has 3 nitrogen and oxygen atoms in total. The summed E-state index contributed by atoms with van der Waals surface area (Å²) < 4.78 is 6.12. The van der Waals surface area contributed by atoms with Gasteiger partial charge >= 0.3 is 0 Å². The molecular weight excluding hydrogens is 292 g/mol. The molecule has 3 rings (SSSR count). The van der Waals surface area contributed by atoms with Gasteiger partial charge in [0.2, 0.25) is 0 Å². The van der Waals surface area contributed by atoms with Crippen LogP contribution < -0.4 is 5.32 Å². The Kier molecular flexibility index (Phi) is 3.02. The molecule has 3 aromatic rings. The highest BCUT2D eigenvalue weighted by molar-refractivity contribution is 9.10. The van der Waals surface area contributed by atoms with Crippen molar-refractivity contribution < 1.29 is 4.42 Å². The van der Waals surface area contributed by atoms with E-state index in [1.165, 1.54) is 0 Å². The van der Waals surface area contributed by atoms with E-state index in [1.54, 1.807) is 12.5 Å². The van der Waals surface area contributed by atoms with Gasteiger partial charge in [0.1, 0.15) is 5.82 Å². The van der Waals surface area contributed by atoms with Crippen LogP contribution >= 0.6 is 15.9 Å². The van der Waals surface area contributed by atoms with Crippen molar-refractivity contribution in [1.82, 2.24) is 4.98 Å². The predicted molar refractivity (Wildman–Crippen MR) is 75.5 cm³/mol. The molecule has 1 N–H and O–H groups in total. The van der Waals surface area contributed by atoms with Crippen LogP contribution in [0.2, 0.25) is 0 Å². The third kappa shape index (κ3) is 2.11. The molecule has 4 heteroatoms. The smallest absolute Gasteiger partial charge is 0.134 e. The third-order valence-corrected chi connectivity index (χ3v) is 3.48. The molecule has 0 aliphatic rings. The first kappa shape index (κ1) is 11.3. The van der Waals surface area contributed by atoms with Gasteiger partial charge in [-0.2, -0.15) is 0 Å². The zero-order valence-electron chi connectivity index (χ0n) is 9.56. The minimum atomic E-state index is 0.703. The monoisotopic (exact) mass is 302 g/mol. The summed E-state index contributed by atoms with van der Waals surface area (Å²) in [6.45, 7) is 0.703. The van der Waals surface area contributed by atoms with Crippen molar-refractivity contribution in [1.29, 1.82) is 0 Å². The molecule has 0 saturated heterocycles. The van der Waals surface area contributed by atoms with E-state index < -0.39 is 0 Å². The molecule has 0 aliphatic heterocycles. The largest absolute Gasteiger partial charge is 0.472 e. The zero-order chi connectivity index (χ0) is 12.4. The van der Waals surface area contributed by atoms with Gasteiger partial charge in [-0.1, -0.05) is 28.1 Å². The number of nitrogens with zero attached hydrogens (tertiary/aromatic N) is 1. The number of anilines is 1. The molecule has 0 bridgehead atoms. The van der Waals surface area contributed by atoms with Crippen LogP contribution in [-0.2, 0) is 6.54 Å². The van der Waals surface area contributed by atoms with Crippen molar-refractivity contribution >= 4 is 32.5 Å². The third-order valence-electron chi connectivity index (χ3n) is 2.79. The summed E-state index contributed by atoms with van der Waals surface area (Å²) in [5.74, 6) is 0.884. The Balaban J connectivity index is 1.94. The Morgan fingerprint density at radius 2 is 2.11 bits per heavy atom. The quantitative estimate of drug-likeness (QED) is 0.788. The van der Waals surface area contributed by atoms with Crippen molar-refractivity contribution in [2.75, 3.05) is 5.32 Å². The van der Waals surface area contributed by atoms with Gasteiger partial charge in [0, 0.05) is 33.6 Å². The molecular formula is C14H11BrN2O. The standard InChI is InChI=1S/C14H11BrN2O/c15-13-3-1-2-12-11(13)4-6-16-14(12)17-8-10-5-7-18-9-10/h1-7,9H,8H2,(H,16,17). The maximum Gasteiger partial charge on any atom is 0.134 e. The number of nitrogens with one attached hydrogen (secondary N) is 1. The first-order chi connectivity index (χ1) is 8.84. The van der Waals surface area contributed by atoms with E-state index in [4.69, 9.17) is 4.42 Å². The minimum Gasteiger partial charge on any atom is -0.472 e. The summed E-state index contributed by atoms with van der Waals surface area (Å²) in [5, 5.41) is 5.59. The Morgan fingerprint density at radius 3 is 2.94 bits per heavy atom. The van der Waals surface area contributed by atoms with E-state index in [9.17, 15) is 0 Å². The molecule has 0 amide bonds. The second-order valence-electron chi connectivity index (χ2n) is 3.98. The Labute approximate surface area is 113 Å². The van der Waals surface area contributed by atoms with Gasteiger partial charge in [0.15, 0.2) is 0 Å². The predicted octanol–water partition coefficient (Wildman–Crippen LogP) is 4.20. The maximum absolute atomic E-state index is 5.04. The summed E-state index contributed by atoms with van der Waals surface area (Å²) in [4.78, 5) is 4.38. The summed E-state index contributed by atoms with van der Waals surface area (Å²) in [6, 6.07) is 10.0. The lowest BCUT2D eigenvalue weighted by atomic mass is 10.1. The fourth-order valence-corrected chi connectivity index (χ4v) is 2.39. The van der Waals surface area contributed by atoms with Gasteiger partial charge in [-0.15, -0.1) is 0 Å². The fraction of sp³-hybridized carbons (Fsp3) is 0.0714.